The van der Waals surface area contributed by atoms with Gasteiger partial charge in [-0.3, -0.25) is 9.78 Å². The molecule has 0 bridgehead atoms. The summed E-state index contributed by atoms with van der Waals surface area (Å²) in [5.74, 6) is 0.424. The lowest BCUT2D eigenvalue weighted by atomic mass is 10.2. The van der Waals surface area contributed by atoms with Gasteiger partial charge >= 0.3 is 0 Å². The number of hydrogen-bond donors (Lipinski definition) is 1. The number of ether oxygens (including phenoxy) is 1. The molecule has 1 amide bonds. The average Bonchev–Trinajstić information content (AvgIpc) is 2.47. The van der Waals surface area contributed by atoms with Crippen LogP contribution in [0, 0.1) is 0 Å². The Morgan fingerprint density at radius 3 is 2.95 bits per heavy atom. The van der Waals surface area contributed by atoms with E-state index in [2.05, 4.69) is 17.2 Å². The second-order valence-electron chi connectivity index (χ2n) is 4.67. The van der Waals surface area contributed by atoms with E-state index in [1.165, 1.54) is 6.20 Å². The standard InChI is InChI=1S/C16H17ClN2O2/c1-3-11(2)21-13-6-4-5-12(9-13)19-16(20)14-10-18-8-7-15(14)17/h4-11H,3H2,1-2H3,(H,19,20). The van der Waals surface area contributed by atoms with Crippen molar-refractivity contribution in [1.29, 1.82) is 0 Å². The van der Waals surface area contributed by atoms with E-state index in [0.29, 0.717) is 16.3 Å². The molecule has 110 valence electrons. The number of carbonyl (C=O) groups excluding carboxylic acids is 1. The van der Waals surface area contributed by atoms with Gasteiger partial charge in [-0.15, -0.1) is 0 Å². The van der Waals surface area contributed by atoms with E-state index < -0.39 is 0 Å². The molecule has 0 aliphatic heterocycles. The summed E-state index contributed by atoms with van der Waals surface area (Å²) in [6, 6.07) is 8.86. The third-order valence-corrected chi connectivity index (χ3v) is 3.35. The number of anilines is 1. The molecule has 0 spiro atoms. The van der Waals surface area contributed by atoms with E-state index in [-0.39, 0.29) is 12.0 Å². The summed E-state index contributed by atoms with van der Waals surface area (Å²) in [5.41, 5.74) is 0.994. The highest BCUT2D eigenvalue weighted by molar-refractivity contribution is 6.34. The summed E-state index contributed by atoms with van der Waals surface area (Å²) >= 11 is 5.98. The van der Waals surface area contributed by atoms with Gasteiger partial charge < -0.3 is 10.1 Å². The van der Waals surface area contributed by atoms with Gasteiger partial charge in [-0.1, -0.05) is 24.6 Å². The first-order chi connectivity index (χ1) is 10.1. The molecule has 0 radical (unpaired) electrons. The molecule has 0 fully saturated rings. The van der Waals surface area contributed by atoms with Crippen molar-refractivity contribution in [2.24, 2.45) is 0 Å². The predicted molar refractivity (Wildman–Crippen MR) is 84.0 cm³/mol. The van der Waals surface area contributed by atoms with Crippen LogP contribution in [0.4, 0.5) is 5.69 Å². The van der Waals surface area contributed by atoms with Gasteiger partial charge in [-0.2, -0.15) is 0 Å². The minimum atomic E-state index is -0.297. The van der Waals surface area contributed by atoms with Gasteiger partial charge in [-0.05, 0) is 31.5 Å². The van der Waals surface area contributed by atoms with Crippen molar-refractivity contribution in [3.8, 4) is 5.75 Å². The smallest absolute Gasteiger partial charge is 0.258 e. The summed E-state index contributed by atoms with van der Waals surface area (Å²) in [6.45, 7) is 4.06. The number of aromatic nitrogens is 1. The lowest BCUT2D eigenvalue weighted by molar-refractivity contribution is 0.102. The minimum absolute atomic E-state index is 0.128. The molecule has 4 nitrogen and oxygen atoms in total. The number of rotatable bonds is 5. The van der Waals surface area contributed by atoms with E-state index in [0.717, 1.165) is 12.2 Å². The zero-order valence-electron chi connectivity index (χ0n) is 12.0. The molecule has 1 aromatic carbocycles. The van der Waals surface area contributed by atoms with Crippen LogP contribution in [0.5, 0.6) is 5.75 Å². The number of carbonyl (C=O) groups is 1. The second-order valence-corrected chi connectivity index (χ2v) is 5.08. The molecule has 0 aliphatic carbocycles. The third kappa shape index (κ3) is 4.20. The van der Waals surface area contributed by atoms with E-state index in [1.807, 2.05) is 19.1 Å². The summed E-state index contributed by atoms with van der Waals surface area (Å²) in [7, 11) is 0. The van der Waals surface area contributed by atoms with Crippen LogP contribution in [0.2, 0.25) is 5.02 Å². The SMILES string of the molecule is CCC(C)Oc1cccc(NC(=O)c2cnccc2Cl)c1. The van der Waals surface area contributed by atoms with Gasteiger partial charge in [-0.25, -0.2) is 0 Å². The maximum absolute atomic E-state index is 12.1. The number of amides is 1. The minimum Gasteiger partial charge on any atom is -0.491 e. The summed E-state index contributed by atoms with van der Waals surface area (Å²) < 4.78 is 5.73. The lowest BCUT2D eigenvalue weighted by Gasteiger charge is -2.13. The van der Waals surface area contributed by atoms with Gasteiger partial charge in [0.05, 0.1) is 16.7 Å². The molecule has 0 saturated heterocycles. The van der Waals surface area contributed by atoms with Crippen molar-refractivity contribution < 1.29 is 9.53 Å². The topological polar surface area (TPSA) is 51.2 Å². The van der Waals surface area contributed by atoms with E-state index in [4.69, 9.17) is 16.3 Å². The van der Waals surface area contributed by atoms with Crippen LogP contribution in [0.15, 0.2) is 42.7 Å². The Kier molecular flexibility index (Phi) is 5.17. The predicted octanol–water partition coefficient (Wildman–Crippen LogP) is 4.16. The average molecular weight is 305 g/mol. The molecule has 1 atom stereocenters. The lowest BCUT2D eigenvalue weighted by Crippen LogP contribution is -2.13. The first kappa shape index (κ1) is 15.3. The van der Waals surface area contributed by atoms with Crippen molar-refractivity contribution in [3.05, 3.63) is 53.3 Å². The second kappa shape index (κ2) is 7.09. The Bertz CT molecular complexity index is 631. The van der Waals surface area contributed by atoms with Crippen LogP contribution in [-0.2, 0) is 0 Å². The Morgan fingerprint density at radius 2 is 2.24 bits per heavy atom. The van der Waals surface area contributed by atoms with Crippen molar-refractivity contribution in [3.63, 3.8) is 0 Å². The number of pyridine rings is 1. The Labute approximate surface area is 129 Å². The van der Waals surface area contributed by atoms with Gasteiger partial charge in [0.15, 0.2) is 0 Å². The zero-order chi connectivity index (χ0) is 15.2. The highest BCUT2D eigenvalue weighted by Crippen LogP contribution is 2.21. The molecule has 0 aliphatic rings. The van der Waals surface area contributed by atoms with Crippen LogP contribution in [0.1, 0.15) is 30.6 Å². The van der Waals surface area contributed by atoms with Crippen LogP contribution < -0.4 is 10.1 Å². The zero-order valence-corrected chi connectivity index (χ0v) is 12.7. The number of benzene rings is 1. The van der Waals surface area contributed by atoms with Crippen molar-refractivity contribution in [2.75, 3.05) is 5.32 Å². The normalized spacial score (nSPS) is 11.8. The van der Waals surface area contributed by atoms with Gasteiger partial charge in [0.25, 0.3) is 5.91 Å². The quantitative estimate of drug-likeness (QED) is 0.902. The van der Waals surface area contributed by atoms with Crippen LogP contribution in [0.3, 0.4) is 0 Å². The highest BCUT2D eigenvalue weighted by Gasteiger charge is 2.11. The monoisotopic (exact) mass is 304 g/mol. The molecule has 21 heavy (non-hydrogen) atoms. The first-order valence-corrected chi connectivity index (χ1v) is 7.15. The largest absolute Gasteiger partial charge is 0.491 e. The van der Waals surface area contributed by atoms with Gasteiger partial charge in [0.1, 0.15) is 5.75 Å². The summed E-state index contributed by atoms with van der Waals surface area (Å²) in [6.07, 6.45) is 4.03. The number of halogens is 1. The molecule has 1 N–H and O–H groups in total. The van der Waals surface area contributed by atoms with Crippen LogP contribution in [-0.4, -0.2) is 17.0 Å². The van der Waals surface area contributed by atoms with Crippen molar-refractivity contribution >= 4 is 23.2 Å². The molecule has 1 unspecified atom stereocenters. The molecule has 1 aromatic heterocycles. The van der Waals surface area contributed by atoms with Gasteiger partial charge in [0.2, 0.25) is 0 Å². The molecule has 2 rings (SSSR count). The molecule has 0 saturated carbocycles. The van der Waals surface area contributed by atoms with E-state index in [1.54, 1.807) is 24.4 Å². The Morgan fingerprint density at radius 1 is 1.43 bits per heavy atom. The summed E-state index contributed by atoms with van der Waals surface area (Å²) in [5, 5.41) is 3.16. The number of hydrogen-bond acceptors (Lipinski definition) is 3. The van der Waals surface area contributed by atoms with Crippen molar-refractivity contribution in [1.82, 2.24) is 4.98 Å². The van der Waals surface area contributed by atoms with E-state index in [9.17, 15) is 4.79 Å². The molecular weight excluding hydrogens is 288 g/mol. The van der Waals surface area contributed by atoms with E-state index >= 15 is 0 Å². The molecular formula is C16H17ClN2O2. The fourth-order valence-corrected chi connectivity index (χ4v) is 1.90. The maximum atomic E-state index is 12.1. The summed E-state index contributed by atoms with van der Waals surface area (Å²) in [4.78, 5) is 16.1. The number of nitrogens with one attached hydrogen (secondary N) is 1. The van der Waals surface area contributed by atoms with Crippen LogP contribution >= 0.6 is 11.6 Å². The van der Waals surface area contributed by atoms with Crippen molar-refractivity contribution in [2.45, 2.75) is 26.4 Å². The Hall–Kier alpha value is -2.07. The fourth-order valence-electron chi connectivity index (χ4n) is 1.71. The van der Waals surface area contributed by atoms with Crippen LogP contribution in [0.25, 0.3) is 0 Å². The molecule has 1 heterocycles. The fraction of sp³-hybridized carbons (Fsp3) is 0.250. The number of nitrogens with zero attached hydrogens (tertiary/aromatic N) is 1. The molecule has 2 aromatic rings. The Balaban J connectivity index is 2.11. The first-order valence-electron chi connectivity index (χ1n) is 6.77. The highest BCUT2D eigenvalue weighted by atomic mass is 35.5. The maximum Gasteiger partial charge on any atom is 0.258 e. The van der Waals surface area contributed by atoms with Gasteiger partial charge in [0, 0.05) is 24.1 Å². The third-order valence-electron chi connectivity index (χ3n) is 3.02. The molecule has 5 heteroatoms.